The fraction of sp³-hybridized carbons (Fsp3) is 0.133. The van der Waals surface area contributed by atoms with E-state index in [4.69, 9.17) is 5.73 Å². The molecule has 0 radical (unpaired) electrons. The quantitative estimate of drug-likeness (QED) is 0.622. The molecule has 1 heterocycles. The van der Waals surface area contributed by atoms with Gasteiger partial charge in [-0.2, -0.15) is 10.5 Å². The minimum absolute atomic E-state index is 0.0133. The Balaban J connectivity index is 2.92. The second-order valence-corrected chi connectivity index (χ2v) is 4.73. The molecule has 2 aromatic rings. The summed E-state index contributed by atoms with van der Waals surface area (Å²) >= 11 is 0. The van der Waals surface area contributed by atoms with Crippen LogP contribution in [0.15, 0.2) is 29.1 Å². The highest BCUT2D eigenvalue weighted by Gasteiger charge is 2.23. The average Bonchev–Trinajstić information content (AvgIpc) is 2.58. The number of pyridine rings is 1. The Labute approximate surface area is 135 Å². The van der Waals surface area contributed by atoms with Crippen molar-refractivity contribution in [3.63, 3.8) is 0 Å². The molecule has 0 atom stereocenters. The highest BCUT2D eigenvalue weighted by Crippen LogP contribution is 2.32. The van der Waals surface area contributed by atoms with Crippen molar-refractivity contribution < 1.29 is 10.0 Å². The highest BCUT2D eigenvalue weighted by atomic mass is 16.6. The van der Waals surface area contributed by atoms with E-state index in [1.807, 2.05) is 0 Å². The summed E-state index contributed by atoms with van der Waals surface area (Å²) in [6.07, 6.45) is 0. The molecule has 1 aromatic heterocycles. The number of rotatable bonds is 4. The summed E-state index contributed by atoms with van der Waals surface area (Å²) in [5, 5.41) is 39.8. The fourth-order valence-corrected chi connectivity index (χ4v) is 2.32. The van der Waals surface area contributed by atoms with Crippen LogP contribution in [0.4, 0.5) is 5.69 Å². The van der Waals surface area contributed by atoms with E-state index < -0.39 is 21.9 Å². The molecule has 120 valence electrons. The Bertz CT molecular complexity index is 966. The van der Waals surface area contributed by atoms with E-state index in [0.717, 1.165) is 10.6 Å². The normalized spacial score (nSPS) is 9.96. The first-order valence-electron chi connectivity index (χ1n) is 6.71. The van der Waals surface area contributed by atoms with Crippen LogP contribution in [0.3, 0.4) is 0 Å². The van der Waals surface area contributed by atoms with Crippen molar-refractivity contribution in [1.82, 2.24) is 4.57 Å². The van der Waals surface area contributed by atoms with Gasteiger partial charge in [0.05, 0.1) is 4.92 Å². The van der Waals surface area contributed by atoms with Crippen LogP contribution >= 0.6 is 0 Å². The van der Waals surface area contributed by atoms with Crippen molar-refractivity contribution in [3.8, 4) is 29.1 Å². The molecule has 24 heavy (non-hydrogen) atoms. The number of nitrogens with two attached hydrogens (primary N) is 1. The lowest BCUT2D eigenvalue weighted by Gasteiger charge is -2.13. The minimum atomic E-state index is -0.819. The van der Waals surface area contributed by atoms with Gasteiger partial charge in [-0.25, -0.2) is 0 Å². The number of nitro groups is 1. The van der Waals surface area contributed by atoms with Crippen molar-refractivity contribution in [2.24, 2.45) is 5.73 Å². The van der Waals surface area contributed by atoms with E-state index >= 15 is 0 Å². The minimum Gasteiger partial charge on any atom is -0.493 e. The molecule has 9 heteroatoms. The summed E-state index contributed by atoms with van der Waals surface area (Å²) in [7, 11) is 0. The van der Waals surface area contributed by atoms with E-state index in [0.29, 0.717) is 0 Å². The summed E-state index contributed by atoms with van der Waals surface area (Å²) in [4.78, 5) is 22.6. The van der Waals surface area contributed by atoms with Crippen LogP contribution in [0.25, 0.3) is 11.1 Å². The van der Waals surface area contributed by atoms with Crippen LogP contribution in [-0.4, -0.2) is 21.1 Å². The van der Waals surface area contributed by atoms with Gasteiger partial charge in [-0.3, -0.25) is 19.5 Å². The predicted molar refractivity (Wildman–Crippen MR) is 82.9 cm³/mol. The highest BCUT2D eigenvalue weighted by molar-refractivity contribution is 5.79. The first kappa shape index (κ1) is 16.7. The van der Waals surface area contributed by atoms with Crippen LogP contribution in [0.5, 0.6) is 5.88 Å². The number of nitriles is 2. The number of hydrogen-bond acceptors (Lipinski definition) is 7. The topological polar surface area (TPSA) is 159 Å². The summed E-state index contributed by atoms with van der Waals surface area (Å²) < 4.78 is 0.831. The molecule has 0 bridgehead atoms. The van der Waals surface area contributed by atoms with E-state index in [1.54, 1.807) is 12.1 Å². The zero-order valence-electron chi connectivity index (χ0n) is 12.3. The van der Waals surface area contributed by atoms with Gasteiger partial charge in [-0.15, -0.1) is 0 Å². The number of aromatic nitrogens is 1. The third-order valence-electron chi connectivity index (χ3n) is 3.36. The summed E-state index contributed by atoms with van der Waals surface area (Å²) in [6, 6.07) is 8.58. The fourth-order valence-electron chi connectivity index (χ4n) is 2.32. The van der Waals surface area contributed by atoms with E-state index in [2.05, 4.69) is 0 Å². The van der Waals surface area contributed by atoms with Crippen LogP contribution in [0, 0.1) is 32.8 Å². The van der Waals surface area contributed by atoms with Crippen molar-refractivity contribution >= 4 is 5.69 Å². The van der Waals surface area contributed by atoms with Crippen molar-refractivity contribution in [3.05, 3.63) is 55.9 Å². The van der Waals surface area contributed by atoms with E-state index in [9.17, 15) is 30.5 Å². The molecule has 0 spiro atoms. The average molecular weight is 325 g/mol. The lowest BCUT2D eigenvalue weighted by molar-refractivity contribution is -0.384. The summed E-state index contributed by atoms with van der Waals surface area (Å²) in [5.74, 6) is -0.631. The number of aromatic hydroxyl groups is 1. The number of benzene rings is 1. The Morgan fingerprint density at radius 1 is 1.29 bits per heavy atom. The second kappa shape index (κ2) is 6.60. The Kier molecular flexibility index (Phi) is 4.59. The molecule has 0 aliphatic rings. The molecule has 0 amide bonds. The van der Waals surface area contributed by atoms with Crippen LogP contribution in [-0.2, 0) is 6.54 Å². The number of non-ortho nitro benzene ring substituents is 1. The molecule has 2 rings (SSSR count). The van der Waals surface area contributed by atoms with Gasteiger partial charge in [0.2, 0.25) is 5.88 Å². The molecule has 0 saturated heterocycles. The van der Waals surface area contributed by atoms with E-state index in [-0.39, 0.29) is 35.5 Å². The first-order valence-corrected chi connectivity index (χ1v) is 6.71. The van der Waals surface area contributed by atoms with Crippen LogP contribution in [0.2, 0.25) is 0 Å². The second-order valence-electron chi connectivity index (χ2n) is 4.73. The molecule has 0 saturated carbocycles. The van der Waals surface area contributed by atoms with Crippen molar-refractivity contribution in [2.45, 2.75) is 6.54 Å². The third-order valence-corrected chi connectivity index (χ3v) is 3.36. The Morgan fingerprint density at radius 2 is 1.96 bits per heavy atom. The molecule has 3 N–H and O–H groups in total. The smallest absolute Gasteiger partial charge is 0.272 e. The van der Waals surface area contributed by atoms with Gasteiger partial charge in [-0.1, -0.05) is 12.1 Å². The molecule has 0 unspecified atom stereocenters. The van der Waals surface area contributed by atoms with Gasteiger partial charge in [0.1, 0.15) is 23.3 Å². The first-order chi connectivity index (χ1) is 11.5. The molecule has 0 fully saturated rings. The SMILES string of the molecule is N#Cc1c(-c2cccc([N+](=O)[O-])c2)c(C#N)c(=O)n(CCN)c1O. The molecule has 9 nitrogen and oxygen atoms in total. The van der Waals surface area contributed by atoms with Gasteiger partial charge in [0.15, 0.2) is 0 Å². The molecule has 0 aliphatic heterocycles. The van der Waals surface area contributed by atoms with Gasteiger partial charge in [-0.05, 0) is 5.56 Å². The lowest BCUT2D eigenvalue weighted by Crippen LogP contribution is -2.27. The van der Waals surface area contributed by atoms with Crippen LogP contribution < -0.4 is 11.3 Å². The molecule has 0 aliphatic carbocycles. The summed E-state index contributed by atoms with van der Waals surface area (Å²) in [6.45, 7) is -0.0669. The summed E-state index contributed by atoms with van der Waals surface area (Å²) in [5.41, 5.74) is 3.55. The number of nitrogens with zero attached hydrogens (tertiary/aromatic N) is 4. The monoisotopic (exact) mass is 325 g/mol. The van der Waals surface area contributed by atoms with Gasteiger partial charge >= 0.3 is 0 Å². The lowest BCUT2D eigenvalue weighted by atomic mass is 9.96. The Morgan fingerprint density at radius 3 is 2.50 bits per heavy atom. The molecular formula is C15H11N5O4. The van der Waals surface area contributed by atoms with Crippen LogP contribution in [0.1, 0.15) is 11.1 Å². The van der Waals surface area contributed by atoms with Gasteiger partial charge in [0, 0.05) is 30.8 Å². The van der Waals surface area contributed by atoms with Gasteiger partial charge in [0.25, 0.3) is 11.2 Å². The number of nitro benzene ring substituents is 1. The maximum atomic E-state index is 12.4. The van der Waals surface area contributed by atoms with Crippen molar-refractivity contribution in [1.29, 1.82) is 10.5 Å². The third kappa shape index (κ3) is 2.67. The zero-order valence-corrected chi connectivity index (χ0v) is 12.3. The van der Waals surface area contributed by atoms with Crippen molar-refractivity contribution in [2.75, 3.05) is 6.54 Å². The maximum Gasteiger partial charge on any atom is 0.272 e. The van der Waals surface area contributed by atoms with Gasteiger partial charge < -0.3 is 10.8 Å². The largest absolute Gasteiger partial charge is 0.493 e. The zero-order chi connectivity index (χ0) is 17.9. The predicted octanol–water partition coefficient (Wildman–Crippen LogP) is 0.831. The molecular weight excluding hydrogens is 314 g/mol. The maximum absolute atomic E-state index is 12.4. The standard InChI is InChI=1S/C15H11N5O4/c16-4-5-19-14(21)11(7-17)13(12(8-18)15(19)22)9-2-1-3-10(6-9)20(23)24/h1-3,6,21H,4-5,16H2. The van der Waals surface area contributed by atoms with E-state index in [1.165, 1.54) is 18.2 Å². The number of hydrogen-bond donors (Lipinski definition) is 2. The Hall–Kier alpha value is -3.69. The molecule has 1 aromatic carbocycles.